The van der Waals surface area contributed by atoms with Gasteiger partial charge in [-0.05, 0) is 102 Å². The van der Waals surface area contributed by atoms with Crippen LogP contribution in [0.4, 0.5) is 41.7 Å². The minimum atomic E-state index is -4.36. The minimum Gasteiger partial charge on any atom is -0.345 e. The lowest BCUT2D eigenvalue weighted by Gasteiger charge is -2.28. The van der Waals surface area contributed by atoms with Gasteiger partial charge in [-0.15, -0.1) is 0 Å². The summed E-state index contributed by atoms with van der Waals surface area (Å²) in [6.45, 7) is 6.44. The smallest absolute Gasteiger partial charge is 0.345 e. The Morgan fingerprint density at radius 1 is 0.634 bits per heavy atom. The monoisotopic (exact) mass is 549 g/mol. The van der Waals surface area contributed by atoms with E-state index in [0.29, 0.717) is 5.69 Å². The average molecular weight is 550 g/mol. The third-order valence-electron chi connectivity index (χ3n) is 7.99. The van der Waals surface area contributed by atoms with Crippen molar-refractivity contribution in [2.45, 2.75) is 32.4 Å². The van der Waals surface area contributed by atoms with Gasteiger partial charge in [0.1, 0.15) is 5.82 Å². The molecule has 1 aliphatic rings. The van der Waals surface area contributed by atoms with Crippen LogP contribution in [-0.2, 0) is 11.6 Å². The molecule has 0 N–H and O–H groups in total. The van der Waals surface area contributed by atoms with Crippen LogP contribution in [0, 0.1) is 6.92 Å². The Kier molecular flexibility index (Phi) is 6.37. The SMILES string of the molecule is Cc1cccc(N(c2ccccc2)c2ccc3c(c2)C(C)(C)c2cc(N(C)c4ccc(C(F)(F)F)cc4)ccc2-3)n1. The quantitative estimate of drug-likeness (QED) is 0.217. The number of pyridine rings is 1. The molecular weight excluding hydrogens is 519 g/mol. The maximum Gasteiger partial charge on any atom is 0.416 e. The zero-order valence-electron chi connectivity index (χ0n) is 23.4. The van der Waals surface area contributed by atoms with Gasteiger partial charge in [0, 0.05) is 40.9 Å². The Labute approximate surface area is 238 Å². The van der Waals surface area contributed by atoms with Gasteiger partial charge in [-0.2, -0.15) is 13.2 Å². The van der Waals surface area contributed by atoms with Crippen LogP contribution in [-0.4, -0.2) is 12.0 Å². The van der Waals surface area contributed by atoms with Gasteiger partial charge in [0.25, 0.3) is 0 Å². The zero-order chi connectivity index (χ0) is 28.9. The number of alkyl halides is 3. The fraction of sp³-hybridized carbons (Fsp3) is 0.171. The van der Waals surface area contributed by atoms with Gasteiger partial charge in [-0.25, -0.2) is 4.98 Å². The molecule has 0 amide bonds. The number of nitrogens with zero attached hydrogens (tertiary/aromatic N) is 3. The molecule has 41 heavy (non-hydrogen) atoms. The summed E-state index contributed by atoms with van der Waals surface area (Å²) in [4.78, 5) is 8.93. The Morgan fingerprint density at radius 2 is 1.22 bits per heavy atom. The predicted molar refractivity (Wildman–Crippen MR) is 161 cm³/mol. The third-order valence-corrected chi connectivity index (χ3v) is 7.99. The zero-order valence-corrected chi connectivity index (χ0v) is 23.4. The summed E-state index contributed by atoms with van der Waals surface area (Å²) in [5.74, 6) is 0.852. The van der Waals surface area contributed by atoms with E-state index in [4.69, 9.17) is 4.98 Å². The number of anilines is 5. The van der Waals surface area contributed by atoms with E-state index in [9.17, 15) is 13.2 Å². The lowest BCUT2D eigenvalue weighted by molar-refractivity contribution is -0.137. The molecule has 1 heterocycles. The summed E-state index contributed by atoms with van der Waals surface area (Å²) >= 11 is 0. The highest BCUT2D eigenvalue weighted by molar-refractivity contribution is 5.86. The van der Waals surface area contributed by atoms with Crippen LogP contribution in [0.5, 0.6) is 0 Å². The molecule has 0 radical (unpaired) electrons. The molecule has 0 spiro atoms. The second-order valence-electron chi connectivity index (χ2n) is 11.0. The first-order valence-electron chi connectivity index (χ1n) is 13.5. The van der Waals surface area contributed by atoms with Gasteiger partial charge in [0.2, 0.25) is 0 Å². The number of benzene rings is 4. The maximum absolute atomic E-state index is 13.1. The average Bonchev–Trinajstić information content (AvgIpc) is 3.18. The van der Waals surface area contributed by atoms with Gasteiger partial charge in [0.05, 0.1) is 5.56 Å². The van der Waals surface area contributed by atoms with E-state index >= 15 is 0 Å². The molecule has 6 heteroatoms. The number of halogens is 3. The predicted octanol–water partition coefficient (Wildman–Crippen LogP) is 9.95. The summed E-state index contributed by atoms with van der Waals surface area (Å²) in [6, 6.07) is 34.4. The van der Waals surface area contributed by atoms with E-state index in [1.54, 1.807) is 0 Å². The first kappa shape index (κ1) is 26.6. The summed E-state index contributed by atoms with van der Waals surface area (Å²) in [5.41, 5.74) is 8.41. The first-order chi connectivity index (χ1) is 19.5. The normalized spacial score (nSPS) is 13.4. The van der Waals surface area contributed by atoms with Gasteiger partial charge in [0.15, 0.2) is 0 Å². The fourth-order valence-electron chi connectivity index (χ4n) is 5.73. The number of rotatable bonds is 5. The number of fused-ring (bicyclic) bond motifs is 3. The molecule has 206 valence electrons. The van der Waals surface area contributed by atoms with E-state index < -0.39 is 11.7 Å². The van der Waals surface area contributed by atoms with Crippen LogP contribution in [0.3, 0.4) is 0 Å². The lowest BCUT2D eigenvalue weighted by atomic mass is 9.82. The highest BCUT2D eigenvalue weighted by Crippen LogP contribution is 2.51. The second kappa shape index (κ2) is 9.81. The third kappa shape index (κ3) is 4.73. The molecule has 0 saturated carbocycles. The van der Waals surface area contributed by atoms with Crippen LogP contribution in [0.2, 0.25) is 0 Å². The Balaban J connectivity index is 1.39. The standard InChI is InChI=1S/C35H30F3N3/c1-23-9-8-12-33(39-23)41(26-10-6-5-7-11-26)28-18-20-30-29-19-17-27(21-31(29)34(2,3)32(30)22-28)40(4)25-15-13-24(14-16-25)35(36,37)38/h5-22H,1-4H3. The molecule has 6 rings (SSSR count). The summed E-state index contributed by atoms with van der Waals surface area (Å²) in [7, 11) is 1.88. The number of hydrogen-bond donors (Lipinski definition) is 0. The Bertz CT molecular complexity index is 1720. The summed E-state index contributed by atoms with van der Waals surface area (Å²) < 4.78 is 39.2. The van der Waals surface area contributed by atoms with Crippen LogP contribution in [0.25, 0.3) is 11.1 Å². The van der Waals surface area contributed by atoms with Gasteiger partial charge in [-0.3, -0.25) is 4.90 Å². The van der Waals surface area contributed by atoms with E-state index in [1.165, 1.54) is 34.4 Å². The van der Waals surface area contributed by atoms with Crippen LogP contribution < -0.4 is 9.80 Å². The van der Waals surface area contributed by atoms with Crippen molar-refractivity contribution in [1.29, 1.82) is 0 Å². The molecular formula is C35H30F3N3. The van der Waals surface area contributed by atoms with Crippen molar-refractivity contribution in [3.05, 3.63) is 132 Å². The molecule has 1 aromatic heterocycles. The Hall–Kier alpha value is -4.58. The molecule has 0 fully saturated rings. The topological polar surface area (TPSA) is 19.4 Å². The molecule has 0 atom stereocenters. The van der Waals surface area contributed by atoms with Crippen molar-refractivity contribution in [1.82, 2.24) is 4.98 Å². The molecule has 0 saturated heterocycles. The van der Waals surface area contributed by atoms with E-state index in [2.05, 4.69) is 61.2 Å². The van der Waals surface area contributed by atoms with Crippen molar-refractivity contribution in [2.24, 2.45) is 0 Å². The highest BCUT2D eigenvalue weighted by atomic mass is 19.4. The molecule has 0 unspecified atom stereocenters. The van der Waals surface area contributed by atoms with Gasteiger partial charge >= 0.3 is 6.18 Å². The molecule has 0 bridgehead atoms. The Morgan fingerprint density at radius 3 is 1.83 bits per heavy atom. The molecule has 0 aliphatic heterocycles. The van der Waals surface area contributed by atoms with Crippen LogP contribution in [0.1, 0.15) is 36.2 Å². The minimum absolute atomic E-state index is 0.292. The molecule has 3 nitrogen and oxygen atoms in total. The van der Waals surface area contributed by atoms with Crippen molar-refractivity contribution < 1.29 is 13.2 Å². The molecule has 4 aromatic carbocycles. The number of hydrogen-bond acceptors (Lipinski definition) is 3. The van der Waals surface area contributed by atoms with Crippen molar-refractivity contribution in [3.63, 3.8) is 0 Å². The molecule has 5 aromatic rings. The van der Waals surface area contributed by atoms with Gasteiger partial charge in [-0.1, -0.05) is 50.2 Å². The first-order valence-corrected chi connectivity index (χ1v) is 13.5. The number of aromatic nitrogens is 1. The van der Waals surface area contributed by atoms with Crippen LogP contribution >= 0.6 is 0 Å². The largest absolute Gasteiger partial charge is 0.416 e. The van der Waals surface area contributed by atoms with Crippen molar-refractivity contribution in [2.75, 3.05) is 16.8 Å². The summed E-state index contributed by atoms with van der Waals surface area (Å²) in [5, 5.41) is 0. The van der Waals surface area contributed by atoms with Gasteiger partial charge < -0.3 is 4.90 Å². The van der Waals surface area contributed by atoms with Crippen LogP contribution in [0.15, 0.2) is 109 Å². The number of para-hydroxylation sites is 1. The second-order valence-corrected chi connectivity index (χ2v) is 11.0. The van der Waals surface area contributed by atoms with Crippen molar-refractivity contribution in [3.8, 4) is 11.1 Å². The van der Waals surface area contributed by atoms with E-state index in [0.717, 1.165) is 40.7 Å². The highest BCUT2D eigenvalue weighted by Gasteiger charge is 2.37. The van der Waals surface area contributed by atoms with E-state index in [-0.39, 0.29) is 5.41 Å². The van der Waals surface area contributed by atoms with Crippen molar-refractivity contribution >= 4 is 28.6 Å². The fourth-order valence-corrected chi connectivity index (χ4v) is 5.73. The number of aryl methyl sites for hydroxylation is 1. The van der Waals surface area contributed by atoms with E-state index in [1.807, 2.05) is 61.3 Å². The molecule has 1 aliphatic carbocycles. The maximum atomic E-state index is 13.1. The summed E-state index contributed by atoms with van der Waals surface area (Å²) in [6.07, 6.45) is -4.36. The lowest BCUT2D eigenvalue weighted by Crippen LogP contribution is -2.18.